The monoisotopic (exact) mass is 207 g/mol. The molecule has 0 aliphatic heterocycles. The Morgan fingerprint density at radius 3 is 2.60 bits per heavy atom. The molecule has 0 heterocycles. The highest BCUT2D eigenvalue weighted by Crippen LogP contribution is 2.06. The maximum absolute atomic E-state index is 5.14. The molecular formula is C13H21NO. The van der Waals surface area contributed by atoms with E-state index in [0.29, 0.717) is 6.04 Å². The molecule has 1 aromatic rings. The van der Waals surface area contributed by atoms with Crippen molar-refractivity contribution >= 4 is 0 Å². The van der Waals surface area contributed by atoms with Gasteiger partial charge in [-0.1, -0.05) is 30.3 Å². The first-order chi connectivity index (χ1) is 7.36. The number of aryl methyl sites for hydroxylation is 1. The zero-order valence-corrected chi connectivity index (χ0v) is 9.70. The van der Waals surface area contributed by atoms with Crippen molar-refractivity contribution in [2.45, 2.75) is 25.3 Å². The molecule has 2 nitrogen and oxygen atoms in total. The minimum Gasteiger partial charge on any atom is -0.383 e. The van der Waals surface area contributed by atoms with E-state index >= 15 is 0 Å². The predicted octanol–water partition coefficient (Wildman–Crippen LogP) is 2.24. The van der Waals surface area contributed by atoms with Crippen molar-refractivity contribution < 1.29 is 4.74 Å². The minimum atomic E-state index is 0.485. The van der Waals surface area contributed by atoms with E-state index < -0.39 is 0 Å². The van der Waals surface area contributed by atoms with Gasteiger partial charge in [-0.05, 0) is 31.9 Å². The van der Waals surface area contributed by atoms with Crippen LogP contribution in [0.15, 0.2) is 30.3 Å². The van der Waals surface area contributed by atoms with Gasteiger partial charge in [-0.25, -0.2) is 0 Å². The van der Waals surface area contributed by atoms with Crippen LogP contribution >= 0.6 is 0 Å². The summed E-state index contributed by atoms with van der Waals surface area (Å²) >= 11 is 0. The van der Waals surface area contributed by atoms with Crippen LogP contribution in [0, 0.1) is 0 Å². The summed E-state index contributed by atoms with van der Waals surface area (Å²) in [7, 11) is 3.74. The summed E-state index contributed by atoms with van der Waals surface area (Å²) in [4.78, 5) is 0. The van der Waals surface area contributed by atoms with Crippen molar-refractivity contribution in [2.75, 3.05) is 20.8 Å². The highest BCUT2D eigenvalue weighted by atomic mass is 16.5. The molecule has 1 aromatic carbocycles. The molecule has 1 atom stereocenters. The standard InChI is InChI=1S/C13H21NO/c1-14-13(11-15-2)10-6-9-12-7-4-3-5-8-12/h3-5,7-8,13-14H,6,9-11H2,1-2H3. The minimum absolute atomic E-state index is 0.485. The second kappa shape index (κ2) is 7.43. The Kier molecular flexibility index (Phi) is 6.05. The van der Waals surface area contributed by atoms with Gasteiger partial charge in [0.05, 0.1) is 6.61 Å². The first-order valence-electron chi connectivity index (χ1n) is 5.57. The molecule has 1 rings (SSSR count). The molecule has 2 heteroatoms. The van der Waals surface area contributed by atoms with E-state index in [4.69, 9.17) is 4.74 Å². The van der Waals surface area contributed by atoms with Gasteiger partial charge in [0.15, 0.2) is 0 Å². The molecule has 0 aromatic heterocycles. The molecule has 0 radical (unpaired) electrons. The Hall–Kier alpha value is -0.860. The van der Waals surface area contributed by atoms with Gasteiger partial charge in [-0.2, -0.15) is 0 Å². The average Bonchev–Trinajstić information content (AvgIpc) is 2.29. The Morgan fingerprint density at radius 1 is 1.27 bits per heavy atom. The molecule has 0 bridgehead atoms. The van der Waals surface area contributed by atoms with Crippen molar-refractivity contribution in [3.63, 3.8) is 0 Å². The zero-order valence-electron chi connectivity index (χ0n) is 9.70. The molecular weight excluding hydrogens is 186 g/mol. The fourth-order valence-electron chi connectivity index (χ4n) is 1.71. The molecule has 0 aliphatic rings. The van der Waals surface area contributed by atoms with Gasteiger partial charge in [0.25, 0.3) is 0 Å². The lowest BCUT2D eigenvalue weighted by Gasteiger charge is -2.14. The molecule has 0 fully saturated rings. The third kappa shape index (κ3) is 4.96. The van der Waals surface area contributed by atoms with Crippen LogP contribution < -0.4 is 5.32 Å². The fourth-order valence-corrected chi connectivity index (χ4v) is 1.71. The lowest BCUT2D eigenvalue weighted by Crippen LogP contribution is -2.29. The van der Waals surface area contributed by atoms with Crippen molar-refractivity contribution in [2.24, 2.45) is 0 Å². The van der Waals surface area contributed by atoms with Gasteiger partial charge in [0.2, 0.25) is 0 Å². The Bertz CT molecular complexity index is 248. The van der Waals surface area contributed by atoms with E-state index in [2.05, 4.69) is 35.6 Å². The van der Waals surface area contributed by atoms with Crippen LogP contribution in [0.4, 0.5) is 0 Å². The summed E-state index contributed by atoms with van der Waals surface area (Å²) in [5, 5.41) is 3.26. The summed E-state index contributed by atoms with van der Waals surface area (Å²) in [5.74, 6) is 0. The molecule has 15 heavy (non-hydrogen) atoms. The lowest BCUT2D eigenvalue weighted by atomic mass is 10.1. The van der Waals surface area contributed by atoms with E-state index in [1.807, 2.05) is 7.05 Å². The normalized spacial score (nSPS) is 12.7. The second-order valence-electron chi connectivity index (χ2n) is 3.82. The third-order valence-electron chi connectivity index (χ3n) is 2.64. The van der Waals surface area contributed by atoms with Gasteiger partial charge in [-0.15, -0.1) is 0 Å². The number of benzene rings is 1. The predicted molar refractivity (Wildman–Crippen MR) is 64.1 cm³/mol. The topological polar surface area (TPSA) is 21.3 Å². The highest BCUT2D eigenvalue weighted by Gasteiger charge is 2.04. The van der Waals surface area contributed by atoms with Crippen LogP contribution in [-0.2, 0) is 11.2 Å². The summed E-state index contributed by atoms with van der Waals surface area (Å²) in [6.07, 6.45) is 3.53. The van der Waals surface area contributed by atoms with Crippen molar-refractivity contribution in [3.8, 4) is 0 Å². The number of hydrogen-bond acceptors (Lipinski definition) is 2. The van der Waals surface area contributed by atoms with Gasteiger partial charge in [0, 0.05) is 13.2 Å². The lowest BCUT2D eigenvalue weighted by molar-refractivity contribution is 0.165. The maximum Gasteiger partial charge on any atom is 0.0615 e. The van der Waals surface area contributed by atoms with E-state index in [9.17, 15) is 0 Å². The van der Waals surface area contributed by atoms with E-state index in [0.717, 1.165) is 13.0 Å². The van der Waals surface area contributed by atoms with Crippen LogP contribution in [0.3, 0.4) is 0 Å². The van der Waals surface area contributed by atoms with Crippen LogP contribution in [0.5, 0.6) is 0 Å². The van der Waals surface area contributed by atoms with Crippen LogP contribution in [0.1, 0.15) is 18.4 Å². The summed E-state index contributed by atoms with van der Waals surface area (Å²) < 4.78 is 5.14. The first-order valence-corrected chi connectivity index (χ1v) is 5.57. The van der Waals surface area contributed by atoms with Gasteiger partial charge in [0.1, 0.15) is 0 Å². The second-order valence-corrected chi connectivity index (χ2v) is 3.82. The quantitative estimate of drug-likeness (QED) is 0.740. The van der Waals surface area contributed by atoms with Gasteiger partial charge >= 0.3 is 0 Å². The average molecular weight is 207 g/mol. The van der Waals surface area contributed by atoms with Crippen LogP contribution in [-0.4, -0.2) is 26.8 Å². The highest BCUT2D eigenvalue weighted by molar-refractivity contribution is 5.14. The first kappa shape index (κ1) is 12.2. The number of likely N-dealkylation sites (N-methyl/N-ethyl adjacent to an activating group) is 1. The molecule has 0 aliphatic carbocycles. The molecule has 0 spiro atoms. The summed E-state index contributed by atoms with van der Waals surface area (Å²) in [6, 6.07) is 11.1. The van der Waals surface area contributed by atoms with E-state index in [1.165, 1.54) is 18.4 Å². The molecule has 1 N–H and O–H groups in total. The number of nitrogens with one attached hydrogen (secondary N) is 1. The number of rotatable bonds is 7. The number of ether oxygens (including phenoxy) is 1. The summed E-state index contributed by atoms with van der Waals surface area (Å²) in [6.45, 7) is 0.797. The van der Waals surface area contributed by atoms with Gasteiger partial charge in [-0.3, -0.25) is 0 Å². The Morgan fingerprint density at radius 2 is 2.00 bits per heavy atom. The van der Waals surface area contributed by atoms with Crippen molar-refractivity contribution in [1.29, 1.82) is 0 Å². The fraction of sp³-hybridized carbons (Fsp3) is 0.538. The van der Waals surface area contributed by atoms with Gasteiger partial charge < -0.3 is 10.1 Å². The third-order valence-corrected chi connectivity index (χ3v) is 2.64. The zero-order chi connectivity index (χ0) is 10.9. The van der Waals surface area contributed by atoms with E-state index in [-0.39, 0.29) is 0 Å². The van der Waals surface area contributed by atoms with Crippen LogP contribution in [0.2, 0.25) is 0 Å². The van der Waals surface area contributed by atoms with Crippen molar-refractivity contribution in [1.82, 2.24) is 5.32 Å². The Balaban J connectivity index is 2.20. The number of methoxy groups -OCH3 is 1. The molecule has 0 saturated heterocycles. The molecule has 0 amide bonds. The largest absolute Gasteiger partial charge is 0.383 e. The molecule has 1 unspecified atom stereocenters. The van der Waals surface area contributed by atoms with E-state index in [1.54, 1.807) is 7.11 Å². The molecule has 84 valence electrons. The van der Waals surface area contributed by atoms with Crippen LogP contribution in [0.25, 0.3) is 0 Å². The number of hydrogen-bond donors (Lipinski definition) is 1. The SMILES string of the molecule is CNC(CCCc1ccccc1)COC. The Labute approximate surface area is 92.6 Å². The summed E-state index contributed by atoms with van der Waals surface area (Å²) in [5.41, 5.74) is 1.42. The molecule has 0 saturated carbocycles. The van der Waals surface area contributed by atoms with Crippen molar-refractivity contribution in [3.05, 3.63) is 35.9 Å². The smallest absolute Gasteiger partial charge is 0.0615 e. The maximum atomic E-state index is 5.14.